The average Bonchev–Trinajstić information content (AvgIpc) is 3.38. The van der Waals surface area contributed by atoms with E-state index in [2.05, 4.69) is 19.8 Å². The molecular formula is C19H20ClN5OS. The van der Waals surface area contributed by atoms with E-state index in [1.165, 1.54) is 5.69 Å². The Balaban J connectivity index is 1.32. The molecular weight excluding hydrogens is 382 g/mol. The molecule has 1 fully saturated rings. The van der Waals surface area contributed by atoms with Crippen LogP contribution in [-0.4, -0.2) is 42.0 Å². The molecule has 0 unspecified atom stereocenters. The van der Waals surface area contributed by atoms with Gasteiger partial charge in [-0.15, -0.1) is 11.3 Å². The fourth-order valence-electron chi connectivity index (χ4n) is 3.00. The number of anilines is 1. The second-order valence-corrected chi connectivity index (χ2v) is 7.63. The number of aliphatic imine (C=N–C) groups is 1. The molecule has 0 amide bonds. The third-order valence-electron chi connectivity index (χ3n) is 4.48. The molecule has 0 atom stereocenters. The van der Waals surface area contributed by atoms with Crippen molar-refractivity contribution in [3.8, 4) is 10.8 Å². The minimum Gasteiger partial charge on any atom is -0.443 e. The van der Waals surface area contributed by atoms with E-state index in [1.807, 2.05) is 41.8 Å². The fraction of sp³-hybridized carbons (Fsp3) is 0.263. The van der Waals surface area contributed by atoms with Crippen LogP contribution in [0.3, 0.4) is 0 Å². The van der Waals surface area contributed by atoms with Crippen LogP contribution in [0.25, 0.3) is 10.8 Å². The Labute approximate surface area is 166 Å². The van der Waals surface area contributed by atoms with E-state index >= 15 is 0 Å². The molecule has 1 aliphatic rings. The molecule has 1 aliphatic heterocycles. The summed E-state index contributed by atoms with van der Waals surface area (Å²) in [6.07, 6.45) is 1.64. The zero-order chi connectivity index (χ0) is 18.6. The summed E-state index contributed by atoms with van der Waals surface area (Å²) in [4.78, 5) is 14.4. The van der Waals surface area contributed by atoms with Crippen LogP contribution in [-0.2, 0) is 6.54 Å². The summed E-state index contributed by atoms with van der Waals surface area (Å²) in [5, 5.41) is 2.75. The quantitative estimate of drug-likeness (QED) is 0.533. The van der Waals surface area contributed by atoms with Crippen molar-refractivity contribution in [1.29, 1.82) is 0 Å². The number of nitrogens with two attached hydrogens (primary N) is 1. The third kappa shape index (κ3) is 4.26. The molecule has 2 N–H and O–H groups in total. The molecule has 3 heterocycles. The van der Waals surface area contributed by atoms with Crippen LogP contribution >= 0.6 is 22.9 Å². The Morgan fingerprint density at radius 2 is 1.96 bits per heavy atom. The summed E-state index contributed by atoms with van der Waals surface area (Å²) >= 11 is 7.56. The maximum Gasteiger partial charge on any atom is 0.236 e. The van der Waals surface area contributed by atoms with Gasteiger partial charge in [-0.3, -0.25) is 0 Å². The number of thiophene rings is 1. The Morgan fingerprint density at radius 3 is 2.67 bits per heavy atom. The SMILES string of the molecule is NC(=NCc1coc(-c2cccs2)n1)N1CCN(c2ccc(Cl)cc2)CC1. The topological polar surface area (TPSA) is 70.9 Å². The van der Waals surface area contributed by atoms with Crippen molar-refractivity contribution < 1.29 is 4.42 Å². The van der Waals surface area contributed by atoms with Crippen molar-refractivity contribution in [3.05, 3.63) is 58.8 Å². The number of guanidine groups is 1. The Hall–Kier alpha value is -2.51. The minimum atomic E-state index is 0.415. The number of benzene rings is 1. The van der Waals surface area contributed by atoms with E-state index in [1.54, 1.807) is 17.6 Å². The van der Waals surface area contributed by atoms with E-state index in [9.17, 15) is 0 Å². The molecule has 6 nitrogen and oxygen atoms in total. The molecule has 27 heavy (non-hydrogen) atoms. The number of piperazine rings is 1. The number of rotatable bonds is 4. The fourth-order valence-corrected chi connectivity index (χ4v) is 3.78. The summed E-state index contributed by atoms with van der Waals surface area (Å²) in [5.74, 6) is 1.18. The molecule has 4 rings (SSSR count). The number of nitrogens with zero attached hydrogens (tertiary/aromatic N) is 4. The number of hydrogen-bond donors (Lipinski definition) is 1. The van der Waals surface area contributed by atoms with Gasteiger partial charge in [0.25, 0.3) is 0 Å². The lowest BCUT2D eigenvalue weighted by Gasteiger charge is -2.36. The second-order valence-electron chi connectivity index (χ2n) is 6.25. The molecule has 0 bridgehead atoms. The summed E-state index contributed by atoms with van der Waals surface area (Å²) in [5.41, 5.74) is 8.14. The highest BCUT2D eigenvalue weighted by molar-refractivity contribution is 7.13. The number of halogens is 1. The number of aromatic nitrogens is 1. The van der Waals surface area contributed by atoms with Crippen LogP contribution in [0.4, 0.5) is 5.69 Å². The lowest BCUT2D eigenvalue weighted by atomic mass is 10.2. The first-order valence-corrected chi connectivity index (χ1v) is 9.98. The van der Waals surface area contributed by atoms with Gasteiger partial charge in [-0.1, -0.05) is 17.7 Å². The average molecular weight is 402 g/mol. The molecule has 0 saturated carbocycles. The van der Waals surface area contributed by atoms with Crippen molar-refractivity contribution in [2.45, 2.75) is 6.54 Å². The largest absolute Gasteiger partial charge is 0.443 e. The summed E-state index contributed by atoms with van der Waals surface area (Å²) in [6.45, 7) is 3.86. The van der Waals surface area contributed by atoms with Crippen LogP contribution in [0.5, 0.6) is 0 Å². The van der Waals surface area contributed by atoms with Gasteiger partial charge >= 0.3 is 0 Å². The van der Waals surface area contributed by atoms with E-state index in [0.717, 1.165) is 41.8 Å². The number of hydrogen-bond acceptors (Lipinski definition) is 5. The van der Waals surface area contributed by atoms with E-state index in [4.69, 9.17) is 21.8 Å². The van der Waals surface area contributed by atoms with Crippen LogP contribution in [0.1, 0.15) is 5.69 Å². The van der Waals surface area contributed by atoms with Gasteiger partial charge in [-0.25, -0.2) is 9.98 Å². The highest BCUT2D eigenvalue weighted by atomic mass is 35.5. The van der Waals surface area contributed by atoms with Crippen LogP contribution in [0, 0.1) is 0 Å². The smallest absolute Gasteiger partial charge is 0.236 e. The van der Waals surface area contributed by atoms with Gasteiger partial charge in [0, 0.05) is 36.9 Å². The predicted molar refractivity (Wildman–Crippen MR) is 110 cm³/mol. The monoisotopic (exact) mass is 401 g/mol. The molecule has 0 spiro atoms. The number of oxazole rings is 1. The van der Waals surface area contributed by atoms with Crippen LogP contribution in [0.2, 0.25) is 5.02 Å². The van der Waals surface area contributed by atoms with E-state index < -0.39 is 0 Å². The second kappa shape index (κ2) is 8.02. The summed E-state index contributed by atoms with van der Waals surface area (Å²) in [6, 6.07) is 11.9. The maximum absolute atomic E-state index is 6.19. The normalized spacial score (nSPS) is 15.4. The van der Waals surface area contributed by atoms with E-state index in [-0.39, 0.29) is 0 Å². The zero-order valence-corrected chi connectivity index (χ0v) is 16.3. The van der Waals surface area contributed by atoms with Crippen LogP contribution < -0.4 is 10.6 Å². The van der Waals surface area contributed by atoms with Crippen molar-refractivity contribution >= 4 is 34.6 Å². The van der Waals surface area contributed by atoms with Gasteiger partial charge in [-0.05, 0) is 35.7 Å². The molecule has 3 aromatic rings. The predicted octanol–water partition coefficient (Wildman–Crippen LogP) is 3.69. The highest BCUT2D eigenvalue weighted by Gasteiger charge is 2.18. The first-order valence-electron chi connectivity index (χ1n) is 8.73. The van der Waals surface area contributed by atoms with Gasteiger partial charge in [-0.2, -0.15) is 0 Å². The van der Waals surface area contributed by atoms with Crippen molar-refractivity contribution in [3.63, 3.8) is 0 Å². The molecule has 1 saturated heterocycles. The standard InChI is InChI=1S/C19H20ClN5OS/c20-14-3-5-16(6-4-14)24-7-9-25(10-8-24)19(21)22-12-15-13-26-18(23-15)17-2-1-11-27-17/h1-6,11,13H,7-10,12H2,(H2,21,22). The lowest BCUT2D eigenvalue weighted by Crippen LogP contribution is -2.51. The van der Waals surface area contributed by atoms with Gasteiger partial charge in [0.15, 0.2) is 5.96 Å². The van der Waals surface area contributed by atoms with Gasteiger partial charge < -0.3 is 20.0 Å². The highest BCUT2D eigenvalue weighted by Crippen LogP contribution is 2.24. The molecule has 140 valence electrons. The van der Waals surface area contributed by atoms with Crippen molar-refractivity contribution in [2.24, 2.45) is 10.7 Å². The Bertz CT molecular complexity index is 899. The maximum atomic E-state index is 6.19. The molecule has 0 aliphatic carbocycles. The van der Waals surface area contributed by atoms with Crippen molar-refractivity contribution in [1.82, 2.24) is 9.88 Å². The Morgan fingerprint density at radius 1 is 1.19 bits per heavy atom. The van der Waals surface area contributed by atoms with Crippen molar-refractivity contribution in [2.75, 3.05) is 31.1 Å². The Kier molecular flexibility index (Phi) is 5.31. The van der Waals surface area contributed by atoms with Gasteiger partial charge in [0.2, 0.25) is 5.89 Å². The first-order chi connectivity index (χ1) is 13.2. The minimum absolute atomic E-state index is 0.415. The molecule has 1 aromatic carbocycles. The molecule has 8 heteroatoms. The van der Waals surface area contributed by atoms with Gasteiger partial charge in [0.1, 0.15) is 12.0 Å². The van der Waals surface area contributed by atoms with Crippen LogP contribution in [0.15, 0.2) is 57.5 Å². The zero-order valence-electron chi connectivity index (χ0n) is 14.7. The van der Waals surface area contributed by atoms with Gasteiger partial charge in [0.05, 0.1) is 11.4 Å². The third-order valence-corrected chi connectivity index (χ3v) is 5.59. The van der Waals surface area contributed by atoms with E-state index in [0.29, 0.717) is 18.4 Å². The molecule has 0 radical (unpaired) electrons. The first kappa shape index (κ1) is 17.9. The summed E-state index contributed by atoms with van der Waals surface area (Å²) < 4.78 is 5.52. The lowest BCUT2D eigenvalue weighted by molar-refractivity contribution is 0.380. The molecule has 2 aromatic heterocycles. The summed E-state index contributed by atoms with van der Waals surface area (Å²) in [7, 11) is 0.